The van der Waals surface area contributed by atoms with Gasteiger partial charge in [0.05, 0.1) is 18.2 Å². The van der Waals surface area contributed by atoms with Crippen molar-refractivity contribution in [3.05, 3.63) is 0 Å². The van der Waals surface area contributed by atoms with Gasteiger partial charge in [0.25, 0.3) is 5.91 Å². The Morgan fingerprint density at radius 2 is 2.25 bits per heavy atom. The maximum absolute atomic E-state index is 12.0. The number of hydrogen-bond acceptors (Lipinski definition) is 4. The Morgan fingerprint density at radius 1 is 1.44 bits per heavy atom. The molecule has 2 aliphatic heterocycles. The normalized spacial score (nSPS) is 39.6. The summed E-state index contributed by atoms with van der Waals surface area (Å²) in [5.74, 6) is -0.0351. The van der Waals surface area contributed by atoms with E-state index in [2.05, 4.69) is 10.6 Å². The number of hydrogen-bond donors (Lipinski definition) is 2. The van der Waals surface area contributed by atoms with Crippen LogP contribution in [0, 0.1) is 0 Å². The molecule has 0 radical (unpaired) electrons. The first-order chi connectivity index (χ1) is 7.62. The Bertz CT molecular complexity index is 266. The fraction of sp³-hybridized carbons (Fsp3) is 0.909. The Hall–Kier alpha value is -0.650. The second-order valence-corrected chi connectivity index (χ2v) is 4.73. The first-order valence-corrected chi connectivity index (χ1v) is 5.88. The molecule has 0 bridgehead atoms. The van der Waals surface area contributed by atoms with Gasteiger partial charge in [-0.3, -0.25) is 4.79 Å². The summed E-state index contributed by atoms with van der Waals surface area (Å²) in [6, 6.07) is 0. The molecule has 5 nitrogen and oxygen atoms in total. The highest BCUT2D eigenvalue weighted by atomic mass is 16.5. The molecule has 0 saturated carbocycles. The molecule has 16 heavy (non-hydrogen) atoms. The van der Waals surface area contributed by atoms with E-state index < -0.39 is 0 Å². The van der Waals surface area contributed by atoms with E-state index in [9.17, 15) is 4.79 Å². The SMILES string of the molecule is CC1OCCC1(C)NC(=O)C1CNCCO1. The van der Waals surface area contributed by atoms with Crippen molar-refractivity contribution in [2.75, 3.05) is 26.3 Å². The molecule has 3 atom stereocenters. The van der Waals surface area contributed by atoms with Crippen LogP contribution in [0.4, 0.5) is 0 Å². The van der Waals surface area contributed by atoms with Crippen molar-refractivity contribution in [2.24, 2.45) is 0 Å². The van der Waals surface area contributed by atoms with Crippen molar-refractivity contribution in [3.63, 3.8) is 0 Å². The van der Waals surface area contributed by atoms with Gasteiger partial charge in [-0.15, -0.1) is 0 Å². The van der Waals surface area contributed by atoms with Crippen LogP contribution in [0.1, 0.15) is 20.3 Å². The van der Waals surface area contributed by atoms with Gasteiger partial charge >= 0.3 is 0 Å². The lowest BCUT2D eigenvalue weighted by atomic mass is 9.94. The minimum absolute atomic E-state index is 0.0351. The summed E-state index contributed by atoms with van der Waals surface area (Å²) in [5, 5.41) is 6.19. The van der Waals surface area contributed by atoms with Crippen molar-refractivity contribution in [2.45, 2.75) is 38.0 Å². The Kier molecular flexibility index (Phi) is 3.47. The third kappa shape index (κ3) is 2.36. The van der Waals surface area contributed by atoms with Gasteiger partial charge in [0.1, 0.15) is 6.10 Å². The second kappa shape index (κ2) is 4.69. The van der Waals surface area contributed by atoms with Crippen molar-refractivity contribution in [1.82, 2.24) is 10.6 Å². The molecule has 3 unspecified atom stereocenters. The van der Waals surface area contributed by atoms with Crippen LogP contribution in [0.2, 0.25) is 0 Å². The standard InChI is InChI=1S/C11H20N2O3/c1-8-11(2,3-5-15-8)13-10(14)9-7-12-4-6-16-9/h8-9,12H,3-7H2,1-2H3,(H,13,14). The molecule has 2 fully saturated rings. The summed E-state index contributed by atoms with van der Waals surface area (Å²) >= 11 is 0. The van der Waals surface area contributed by atoms with Gasteiger partial charge in [0.15, 0.2) is 0 Å². The summed E-state index contributed by atoms with van der Waals surface area (Å²) in [4.78, 5) is 12.0. The quantitative estimate of drug-likeness (QED) is 0.679. The molecule has 2 aliphatic rings. The van der Waals surface area contributed by atoms with Crippen molar-refractivity contribution in [3.8, 4) is 0 Å². The highest BCUT2D eigenvalue weighted by molar-refractivity contribution is 5.82. The number of nitrogens with one attached hydrogen (secondary N) is 2. The third-order valence-corrected chi connectivity index (χ3v) is 3.52. The summed E-state index contributed by atoms with van der Waals surface area (Å²) in [6.45, 7) is 6.74. The van der Waals surface area contributed by atoms with Gasteiger partial charge in [0, 0.05) is 19.7 Å². The summed E-state index contributed by atoms with van der Waals surface area (Å²) in [5.41, 5.74) is -0.252. The van der Waals surface area contributed by atoms with Crippen LogP contribution in [0.25, 0.3) is 0 Å². The van der Waals surface area contributed by atoms with Crippen molar-refractivity contribution >= 4 is 5.91 Å². The molecule has 0 aliphatic carbocycles. The number of amides is 1. The van der Waals surface area contributed by atoms with E-state index in [4.69, 9.17) is 9.47 Å². The van der Waals surface area contributed by atoms with Gasteiger partial charge in [-0.2, -0.15) is 0 Å². The lowest BCUT2D eigenvalue weighted by Gasteiger charge is -2.32. The Balaban J connectivity index is 1.90. The maximum Gasteiger partial charge on any atom is 0.250 e. The van der Waals surface area contributed by atoms with E-state index in [0.717, 1.165) is 13.0 Å². The van der Waals surface area contributed by atoms with Gasteiger partial charge in [0.2, 0.25) is 0 Å². The lowest BCUT2D eigenvalue weighted by Crippen LogP contribution is -2.57. The first kappa shape index (κ1) is 11.8. The molecule has 0 aromatic heterocycles. The van der Waals surface area contributed by atoms with Crippen LogP contribution in [-0.4, -0.2) is 50.0 Å². The molecule has 2 saturated heterocycles. The summed E-state index contributed by atoms with van der Waals surface area (Å²) in [7, 11) is 0. The first-order valence-electron chi connectivity index (χ1n) is 5.88. The number of rotatable bonds is 2. The smallest absolute Gasteiger partial charge is 0.250 e. The molecule has 0 aromatic rings. The van der Waals surface area contributed by atoms with E-state index in [-0.39, 0.29) is 23.7 Å². The van der Waals surface area contributed by atoms with Crippen LogP contribution in [0.5, 0.6) is 0 Å². The predicted molar refractivity (Wildman–Crippen MR) is 59.2 cm³/mol. The predicted octanol–water partition coefficient (Wildman–Crippen LogP) is -0.341. The highest BCUT2D eigenvalue weighted by Crippen LogP contribution is 2.25. The van der Waals surface area contributed by atoms with Crippen molar-refractivity contribution < 1.29 is 14.3 Å². The average molecular weight is 228 g/mol. The molecule has 2 rings (SSSR count). The van der Waals surface area contributed by atoms with Crippen molar-refractivity contribution in [1.29, 1.82) is 0 Å². The van der Waals surface area contributed by atoms with Crippen LogP contribution in [0.15, 0.2) is 0 Å². The zero-order chi connectivity index (χ0) is 11.6. The molecule has 0 spiro atoms. The number of morpholine rings is 1. The lowest BCUT2D eigenvalue weighted by molar-refractivity contribution is -0.136. The zero-order valence-corrected chi connectivity index (χ0v) is 9.91. The van der Waals surface area contributed by atoms with E-state index >= 15 is 0 Å². The average Bonchev–Trinajstić information content (AvgIpc) is 2.60. The molecule has 5 heteroatoms. The van der Waals surface area contributed by atoms with Gasteiger partial charge < -0.3 is 20.1 Å². The minimum Gasteiger partial charge on any atom is -0.376 e. The number of carbonyl (C=O) groups is 1. The monoisotopic (exact) mass is 228 g/mol. The molecule has 1 amide bonds. The van der Waals surface area contributed by atoms with Crippen LogP contribution < -0.4 is 10.6 Å². The van der Waals surface area contributed by atoms with Gasteiger partial charge in [-0.05, 0) is 20.3 Å². The summed E-state index contributed by atoms with van der Waals surface area (Å²) < 4.78 is 10.9. The Labute approximate surface area is 95.9 Å². The fourth-order valence-corrected chi connectivity index (χ4v) is 2.09. The minimum atomic E-state index is -0.363. The summed E-state index contributed by atoms with van der Waals surface area (Å²) in [6.07, 6.45) is 0.562. The molecule has 2 heterocycles. The second-order valence-electron chi connectivity index (χ2n) is 4.73. The number of ether oxygens (including phenoxy) is 2. The molecule has 92 valence electrons. The van der Waals surface area contributed by atoms with E-state index in [1.165, 1.54) is 0 Å². The topological polar surface area (TPSA) is 59.6 Å². The van der Waals surface area contributed by atoms with E-state index in [0.29, 0.717) is 19.8 Å². The Morgan fingerprint density at radius 3 is 2.81 bits per heavy atom. The highest BCUT2D eigenvalue weighted by Gasteiger charge is 2.39. The van der Waals surface area contributed by atoms with Crippen LogP contribution in [0.3, 0.4) is 0 Å². The van der Waals surface area contributed by atoms with Gasteiger partial charge in [-0.1, -0.05) is 0 Å². The molecular formula is C11H20N2O3. The third-order valence-electron chi connectivity index (χ3n) is 3.52. The number of carbonyl (C=O) groups excluding carboxylic acids is 1. The molecular weight excluding hydrogens is 208 g/mol. The zero-order valence-electron chi connectivity index (χ0n) is 9.91. The molecule has 2 N–H and O–H groups in total. The van der Waals surface area contributed by atoms with E-state index in [1.807, 2.05) is 13.8 Å². The van der Waals surface area contributed by atoms with Crippen LogP contribution >= 0.6 is 0 Å². The largest absolute Gasteiger partial charge is 0.376 e. The van der Waals surface area contributed by atoms with Gasteiger partial charge in [-0.25, -0.2) is 0 Å². The molecule has 0 aromatic carbocycles. The fourth-order valence-electron chi connectivity index (χ4n) is 2.09. The van der Waals surface area contributed by atoms with E-state index in [1.54, 1.807) is 0 Å². The van der Waals surface area contributed by atoms with Crippen LogP contribution in [-0.2, 0) is 14.3 Å². The maximum atomic E-state index is 12.0.